The second-order valence-corrected chi connectivity index (χ2v) is 7.71. The Morgan fingerprint density at radius 3 is 2.58 bits per heavy atom. The fraction of sp³-hybridized carbons (Fsp3) is 0.500. The van der Waals surface area contributed by atoms with E-state index in [2.05, 4.69) is 4.18 Å². The average Bonchev–Trinajstić information content (AvgIpc) is 2.71. The molecule has 6 nitrogen and oxygen atoms in total. The number of ether oxygens (including phenoxy) is 3. The number of hydrogen-bond acceptors (Lipinski definition) is 6. The van der Waals surface area contributed by atoms with Crippen LogP contribution in [0.4, 0.5) is 13.2 Å². The second-order valence-electron chi connectivity index (χ2n) is 6.18. The molecule has 1 aromatic rings. The van der Waals surface area contributed by atoms with Crippen molar-refractivity contribution in [1.82, 2.24) is 0 Å². The Morgan fingerprint density at radius 2 is 1.92 bits per heavy atom. The third kappa shape index (κ3) is 3.81. The summed E-state index contributed by atoms with van der Waals surface area (Å²) in [6, 6.07) is 9.16. The van der Waals surface area contributed by atoms with E-state index in [-0.39, 0.29) is 13.0 Å². The van der Waals surface area contributed by atoms with Crippen molar-refractivity contribution >= 4 is 10.1 Å². The van der Waals surface area contributed by atoms with Crippen molar-refractivity contribution in [2.75, 3.05) is 6.61 Å². The van der Waals surface area contributed by atoms with Crippen LogP contribution in [0.15, 0.2) is 42.4 Å². The normalized spacial score (nSPS) is 29.8. The van der Waals surface area contributed by atoms with Crippen LogP contribution in [-0.4, -0.2) is 32.2 Å². The minimum atomic E-state index is -5.81. The van der Waals surface area contributed by atoms with Crippen molar-refractivity contribution in [3.05, 3.63) is 47.9 Å². The molecular weight excluding hydrogens is 377 g/mol. The Kier molecular flexibility index (Phi) is 4.93. The maximum atomic E-state index is 12.5. The average molecular weight is 394 g/mol. The fourth-order valence-electron chi connectivity index (χ4n) is 2.75. The van der Waals surface area contributed by atoms with Crippen molar-refractivity contribution in [2.24, 2.45) is 0 Å². The van der Waals surface area contributed by atoms with Gasteiger partial charge in [-0.15, -0.1) is 0 Å². The molecule has 0 spiro atoms. The van der Waals surface area contributed by atoms with E-state index in [1.807, 2.05) is 30.3 Å². The molecule has 1 fully saturated rings. The molecule has 0 bridgehead atoms. The van der Waals surface area contributed by atoms with Crippen LogP contribution in [0.1, 0.15) is 31.6 Å². The summed E-state index contributed by atoms with van der Waals surface area (Å²) >= 11 is 0. The second kappa shape index (κ2) is 6.75. The summed E-state index contributed by atoms with van der Waals surface area (Å²) in [5, 5.41) is 0. The van der Waals surface area contributed by atoms with E-state index in [4.69, 9.17) is 14.2 Å². The van der Waals surface area contributed by atoms with Crippen molar-refractivity contribution in [2.45, 2.75) is 43.3 Å². The quantitative estimate of drug-likeness (QED) is 0.578. The molecule has 26 heavy (non-hydrogen) atoms. The van der Waals surface area contributed by atoms with Crippen molar-refractivity contribution in [3.8, 4) is 0 Å². The monoisotopic (exact) mass is 394 g/mol. The smallest absolute Gasteiger partial charge is 0.453 e. The third-order valence-corrected chi connectivity index (χ3v) is 5.06. The number of fused-ring (bicyclic) bond motifs is 1. The van der Waals surface area contributed by atoms with E-state index < -0.39 is 39.6 Å². The maximum Gasteiger partial charge on any atom is 0.534 e. The predicted octanol–water partition coefficient (Wildman–Crippen LogP) is 3.38. The summed E-state index contributed by atoms with van der Waals surface area (Å²) in [5.41, 5.74) is -5.93. The van der Waals surface area contributed by atoms with Crippen LogP contribution in [0.25, 0.3) is 0 Å². The summed E-state index contributed by atoms with van der Waals surface area (Å²) in [6.07, 6.45) is 0.631. The number of hydrogen-bond donors (Lipinski definition) is 0. The van der Waals surface area contributed by atoms with Gasteiger partial charge in [0.05, 0.1) is 6.61 Å². The van der Waals surface area contributed by atoms with Crippen LogP contribution in [0.2, 0.25) is 0 Å². The van der Waals surface area contributed by atoms with E-state index in [1.54, 1.807) is 6.92 Å². The molecule has 10 heteroatoms. The van der Waals surface area contributed by atoms with Crippen LogP contribution in [0, 0.1) is 0 Å². The number of benzene rings is 1. The number of allylic oxidation sites excluding steroid dienone is 1. The highest BCUT2D eigenvalue weighted by Gasteiger charge is 2.51. The SMILES string of the molecule is C[C@@]12CO[C@@H](c3ccccc3)O[C@H]1CCC=C(OS(=O)(=O)C(F)(F)F)O2. The molecule has 144 valence electrons. The molecule has 2 heterocycles. The van der Waals surface area contributed by atoms with Crippen LogP contribution in [0.3, 0.4) is 0 Å². The molecule has 3 atom stereocenters. The van der Waals surface area contributed by atoms with Gasteiger partial charge in [0.1, 0.15) is 6.10 Å². The van der Waals surface area contributed by atoms with Gasteiger partial charge in [-0.25, -0.2) is 0 Å². The van der Waals surface area contributed by atoms with Gasteiger partial charge in [0.25, 0.3) is 5.95 Å². The number of alkyl halides is 3. The molecule has 0 N–H and O–H groups in total. The van der Waals surface area contributed by atoms with E-state index in [9.17, 15) is 21.6 Å². The minimum Gasteiger partial charge on any atom is -0.453 e. The van der Waals surface area contributed by atoms with Gasteiger partial charge in [-0.1, -0.05) is 30.3 Å². The van der Waals surface area contributed by atoms with Crippen molar-refractivity contribution in [1.29, 1.82) is 0 Å². The third-order valence-electron chi connectivity index (χ3n) is 4.11. The van der Waals surface area contributed by atoms with Gasteiger partial charge >= 0.3 is 15.6 Å². The lowest BCUT2D eigenvalue weighted by Gasteiger charge is -2.43. The van der Waals surface area contributed by atoms with E-state index in [0.29, 0.717) is 6.42 Å². The zero-order valence-corrected chi connectivity index (χ0v) is 14.5. The van der Waals surface area contributed by atoms with Gasteiger partial charge < -0.3 is 18.4 Å². The molecule has 0 unspecified atom stereocenters. The number of rotatable bonds is 3. The lowest BCUT2D eigenvalue weighted by atomic mass is 9.95. The first-order chi connectivity index (χ1) is 12.1. The first-order valence-electron chi connectivity index (χ1n) is 7.83. The molecule has 0 radical (unpaired) electrons. The number of halogens is 3. The highest BCUT2D eigenvalue weighted by Crippen LogP contribution is 2.39. The molecule has 0 aromatic heterocycles. The molecule has 0 saturated carbocycles. The molecule has 1 aromatic carbocycles. The Bertz CT molecular complexity index is 777. The Balaban J connectivity index is 1.73. The Hall–Kier alpha value is -1.78. The molecule has 0 amide bonds. The van der Waals surface area contributed by atoms with Crippen molar-refractivity contribution in [3.63, 3.8) is 0 Å². The van der Waals surface area contributed by atoms with Gasteiger partial charge in [-0.3, -0.25) is 0 Å². The summed E-state index contributed by atoms with van der Waals surface area (Å²) in [6.45, 7) is 1.56. The Labute approximate surface area is 148 Å². The summed E-state index contributed by atoms with van der Waals surface area (Å²) in [5.74, 6) is -0.724. The largest absolute Gasteiger partial charge is 0.534 e. The zero-order chi connectivity index (χ0) is 19.0. The van der Waals surface area contributed by atoms with Crippen LogP contribution < -0.4 is 0 Å². The van der Waals surface area contributed by atoms with Gasteiger partial charge in [0.2, 0.25) is 0 Å². The summed E-state index contributed by atoms with van der Waals surface area (Å²) in [7, 11) is -5.81. The molecule has 3 rings (SSSR count). The first kappa shape index (κ1) is 19.0. The maximum absolute atomic E-state index is 12.5. The molecule has 0 aliphatic carbocycles. The topological polar surface area (TPSA) is 71.1 Å². The Morgan fingerprint density at radius 1 is 1.23 bits per heavy atom. The lowest BCUT2D eigenvalue weighted by Crippen LogP contribution is -2.51. The van der Waals surface area contributed by atoms with Crippen molar-refractivity contribution < 1.29 is 40.0 Å². The predicted molar refractivity (Wildman–Crippen MR) is 82.9 cm³/mol. The zero-order valence-electron chi connectivity index (χ0n) is 13.7. The van der Waals surface area contributed by atoms with Crippen LogP contribution in [-0.2, 0) is 28.5 Å². The summed E-state index contributed by atoms with van der Waals surface area (Å²) < 4.78 is 81.0. The van der Waals surface area contributed by atoms with Crippen LogP contribution in [0.5, 0.6) is 0 Å². The fourth-order valence-corrected chi connectivity index (χ4v) is 3.16. The standard InChI is InChI=1S/C16H17F3O6S/c1-15-10-22-14(11-6-3-2-4-7-11)23-12(15)8-5-9-13(24-15)25-26(20,21)16(17,18)19/h2-4,6-7,9,12,14H,5,8,10H2,1H3/t12-,14+,15+/m0/s1. The lowest BCUT2D eigenvalue weighted by molar-refractivity contribution is -0.296. The first-order valence-corrected chi connectivity index (χ1v) is 9.23. The van der Waals surface area contributed by atoms with Gasteiger partial charge in [-0.2, -0.15) is 21.6 Å². The van der Waals surface area contributed by atoms with Gasteiger partial charge in [-0.05, 0) is 25.8 Å². The summed E-state index contributed by atoms with van der Waals surface area (Å²) in [4.78, 5) is 0. The highest BCUT2D eigenvalue weighted by molar-refractivity contribution is 7.87. The van der Waals surface area contributed by atoms with Crippen LogP contribution >= 0.6 is 0 Å². The highest BCUT2D eigenvalue weighted by atomic mass is 32.2. The minimum absolute atomic E-state index is 0.00993. The molecule has 2 aliphatic heterocycles. The van der Waals surface area contributed by atoms with Gasteiger partial charge in [0.15, 0.2) is 11.9 Å². The van der Waals surface area contributed by atoms with Gasteiger partial charge in [0, 0.05) is 5.56 Å². The molecular formula is C16H17F3O6S. The van der Waals surface area contributed by atoms with E-state index in [0.717, 1.165) is 11.6 Å². The molecule has 1 saturated heterocycles. The van der Waals surface area contributed by atoms with E-state index in [1.165, 1.54) is 0 Å². The molecule has 2 aliphatic rings. The van der Waals surface area contributed by atoms with E-state index >= 15 is 0 Å².